The molecular weight excluding hydrogens is 442 g/mol. The maximum Gasteiger partial charge on any atom is 0.321 e. The number of fused-ring (bicyclic) bond motifs is 3. The van der Waals surface area contributed by atoms with Crippen molar-refractivity contribution in [3.63, 3.8) is 0 Å². The van der Waals surface area contributed by atoms with Crippen molar-refractivity contribution < 1.29 is 19.1 Å². The first kappa shape index (κ1) is 22.7. The van der Waals surface area contributed by atoms with Crippen LogP contribution in [0.3, 0.4) is 0 Å². The molecule has 0 saturated heterocycles. The monoisotopic (exact) mass is 469 g/mol. The zero-order chi connectivity index (χ0) is 24.4. The summed E-state index contributed by atoms with van der Waals surface area (Å²) in [5.41, 5.74) is 3.36. The summed E-state index contributed by atoms with van der Waals surface area (Å²) in [6, 6.07) is 24.4. The third-order valence-corrected chi connectivity index (χ3v) is 6.20. The minimum Gasteiger partial charge on any atom is -0.494 e. The Labute approximate surface area is 203 Å². The third-order valence-electron chi connectivity index (χ3n) is 6.20. The molecule has 0 aliphatic carbocycles. The molecule has 0 bridgehead atoms. The summed E-state index contributed by atoms with van der Waals surface area (Å²) in [4.78, 5) is 33.7. The molecule has 0 saturated carbocycles. The summed E-state index contributed by atoms with van der Waals surface area (Å²) in [6.07, 6.45) is 0. The lowest BCUT2D eigenvalue weighted by Crippen LogP contribution is -2.49. The number of anilines is 1. The van der Waals surface area contributed by atoms with Gasteiger partial charge in [-0.2, -0.15) is 0 Å². The number of para-hydroxylation sites is 2. The molecule has 1 aliphatic rings. The van der Waals surface area contributed by atoms with Gasteiger partial charge in [-0.3, -0.25) is 14.5 Å². The van der Waals surface area contributed by atoms with E-state index in [0.29, 0.717) is 19.1 Å². The Bertz CT molecular complexity index is 1350. The fraction of sp³-hybridized carbons (Fsp3) is 0.250. The Morgan fingerprint density at radius 3 is 2.34 bits per heavy atom. The van der Waals surface area contributed by atoms with E-state index >= 15 is 0 Å². The summed E-state index contributed by atoms with van der Waals surface area (Å²) in [6.45, 7) is 4.72. The van der Waals surface area contributed by atoms with Crippen molar-refractivity contribution in [3.05, 3.63) is 90.0 Å². The molecule has 0 radical (unpaired) electrons. The van der Waals surface area contributed by atoms with Gasteiger partial charge in [0.2, 0.25) is 11.9 Å². The predicted molar refractivity (Wildman–Crippen MR) is 133 cm³/mol. The lowest BCUT2D eigenvalue weighted by atomic mass is 9.89. The van der Waals surface area contributed by atoms with Crippen LogP contribution in [0.25, 0.3) is 11.0 Å². The lowest BCUT2D eigenvalue weighted by molar-refractivity contribution is -0.153. The fourth-order valence-corrected chi connectivity index (χ4v) is 4.69. The van der Waals surface area contributed by atoms with Crippen LogP contribution in [-0.4, -0.2) is 34.6 Å². The van der Waals surface area contributed by atoms with Crippen molar-refractivity contribution in [1.29, 1.82) is 0 Å². The summed E-state index contributed by atoms with van der Waals surface area (Å²) in [5, 5.41) is 0. The van der Waals surface area contributed by atoms with Gasteiger partial charge in [-0.25, -0.2) is 4.98 Å². The highest BCUT2D eigenvalue weighted by Crippen LogP contribution is 2.42. The average Bonchev–Trinajstić information content (AvgIpc) is 3.26. The number of hydrogen-bond acceptors (Lipinski definition) is 5. The highest BCUT2D eigenvalue weighted by molar-refractivity contribution is 6.08. The van der Waals surface area contributed by atoms with Crippen LogP contribution in [-0.2, 0) is 20.9 Å². The number of ether oxygens (including phenoxy) is 2. The standard InChI is InChI=1S/C28H27N3O4/c1-3-34-21-16-14-20(15-17-21)25-24(27(33)35-4-2)26(32)30(18-19-10-6-5-7-11-19)28-29-22-12-8-9-13-23(22)31(25)28/h5-17,24-25H,3-4,18H2,1-2H3/t24-,25-/m0/s1. The number of carbonyl (C=O) groups excluding carboxylic acids is 2. The van der Waals surface area contributed by atoms with Crippen LogP contribution in [0.2, 0.25) is 0 Å². The molecule has 1 aromatic heterocycles. The Kier molecular flexibility index (Phi) is 6.23. The summed E-state index contributed by atoms with van der Waals surface area (Å²) in [7, 11) is 0. The van der Waals surface area contributed by atoms with E-state index in [4.69, 9.17) is 14.5 Å². The third kappa shape index (κ3) is 4.14. The molecule has 35 heavy (non-hydrogen) atoms. The molecule has 0 spiro atoms. The second kappa shape index (κ2) is 9.62. The number of amides is 1. The molecule has 5 rings (SSSR count). The van der Waals surface area contributed by atoms with Gasteiger partial charge in [-0.05, 0) is 49.2 Å². The highest BCUT2D eigenvalue weighted by Gasteiger charge is 2.47. The molecule has 178 valence electrons. The van der Waals surface area contributed by atoms with Gasteiger partial charge in [0.25, 0.3) is 0 Å². The van der Waals surface area contributed by atoms with E-state index in [1.54, 1.807) is 11.8 Å². The van der Waals surface area contributed by atoms with E-state index in [1.807, 2.05) is 90.4 Å². The largest absolute Gasteiger partial charge is 0.494 e. The number of nitrogens with zero attached hydrogens (tertiary/aromatic N) is 3. The van der Waals surface area contributed by atoms with E-state index < -0.39 is 17.9 Å². The Hall–Kier alpha value is -4.13. The van der Waals surface area contributed by atoms with Crippen LogP contribution < -0.4 is 9.64 Å². The number of benzene rings is 3. The van der Waals surface area contributed by atoms with Crippen molar-refractivity contribution in [2.24, 2.45) is 5.92 Å². The van der Waals surface area contributed by atoms with E-state index in [2.05, 4.69) is 0 Å². The fourth-order valence-electron chi connectivity index (χ4n) is 4.69. The average molecular weight is 470 g/mol. The first-order valence-corrected chi connectivity index (χ1v) is 11.8. The number of rotatable bonds is 7. The number of esters is 1. The zero-order valence-corrected chi connectivity index (χ0v) is 19.8. The van der Waals surface area contributed by atoms with Gasteiger partial charge in [0.1, 0.15) is 5.75 Å². The number of carbonyl (C=O) groups is 2. The van der Waals surface area contributed by atoms with Gasteiger partial charge in [-0.1, -0.05) is 54.6 Å². The van der Waals surface area contributed by atoms with E-state index in [-0.39, 0.29) is 12.5 Å². The van der Waals surface area contributed by atoms with Crippen LogP contribution in [0.4, 0.5) is 5.95 Å². The van der Waals surface area contributed by atoms with Crippen molar-refractivity contribution in [2.45, 2.75) is 26.4 Å². The van der Waals surface area contributed by atoms with Crippen LogP contribution in [0.1, 0.15) is 31.0 Å². The van der Waals surface area contributed by atoms with Crippen molar-refractivity contribution in [2.75, 3.05) is 18.1 Å². The van der Waals surface area contributed by atoms with E-state index in [0.717, 1.165) is 27.9 Å². The SMILES string of the molecule is CCOC(=O)[C@@H]1C(=O)N(Cc2ccccc2)c2nc3ccccc3n2[C@H]1c1ccc(OCC)cc1. The maximum atomic E-state index is 14.0. The maximum absolute atomic E-state index is 14.0. The highest BCUT2D eigenvalue weighted by atomic mass is 16.5. The van der Waals surface area contributed by atoms with Crippen molar-refractivity contribution in [3.8, 4) is 5.75 Å². The van der Waals surface area contributed by atoms with Crippen molar-refractivity contribution in [1.82, 2.24) is 9.55 Å². The van der Waals surface area contributed by atoms with Gasteiger partial charge < -0.3 is 14.0 Å². The summed E-state index contributed by atoms with van der Waals surface area (Å²) < 4.78 is 13.0. The first-order chi connectivity index (χ1) is 17.1. The molecule has 3 aromatic carbocycles. The number of aromatic nitrogens is 2. The van der Waals surface area contributed by atoms with Crippen LogP contribution in [0, 0.1) is 5.92 Å². The number of hydrogen-bond donors (Lipinski definition) is 0. The molecular formula is C28H27N3O4. The van der Waals surface area contributed by atoms with E-state index in [9.17, 15) is 9.59 Å². The van der Waals surface area contributed by atoms with Gasteiger partial charge in [0.05, 0.1) is 36.8 Å². The quantitative estimate of drug-likeness (QED) is 0.288. The predicted octanol–water partition coefficient (Wildman–Crippen LogP) is 4.75. The molecule has 0 fully saturated rings. The molecule has 2 atom stereocenters. The molecule has 7 nitrogen and oxygen atoms in total. The minimum atomic E-state index is -1.05. The van der Waals surface area contributed by atoms with Crippen LogP contribution in [0.5, 0.6) is 5.75 Å². The summed E-state index contributed by atoms with van der Waals surface area (Å²) in [5.74, 6) is -0.680. The second-order valence-electron chi connectivity index (χ2n) is 8.36. The lowest BCUT2D eigenvalue weighted by Gasteiger charge is -2.38. The van der Waals surface area contributed by atoms with Gasteiger partial charge in [0, 0.05) is 0 Å². The minimum absolute atomic E-state index is 0.189. The van der Waals surface area contributed by atoms with Gasteiger partial charge in [0.15, 0.2) is 5.92 Å². The molecule has 0 N–H and O–H groups in total. The molecule has 1 aliphatic heterocycles. The van der Waals surface area contributed by atoms with Gasteiger partial charge in [-0.15, -0.1) is 0 Å². The Morgan fingerprint density at radius 1 is 0.914 bits per heavy atom. The number of imidazole rings is 1. The zero-order valence-electron chi connectivity index (χ0n) is 19.8. The molecule has 7 heteroatoms. The van der Waals surface area contributed by atoms with E-state index in [1.165, 1.54) is 0 Å². The first-order valence-electron chi connectivity index (χ1n) is 11.8. The van der Waals surface area contributed by atoms with Crippen LogP contribution in [0.15, 0.2) is 78.9 Å². The van der Waals surface area contributed by atoms with Crippen molar-refractivity contribution >= 4 is 28.9 Å². The Balaban J connectivity index is 1.71. The summed E-state index contributed by atoms with van der Waals surface area (Å²) >= 11 is 0. The van der Waals surface area contributed by atoms with Gasteiger partial charge >= 0.3 is 5.97 Å². The molecule has 1 amide bonds. The van der Waals surface area contributed by atoms with Crippen LogP contribution >= 0.6 is 0 Å². The molecule has 4 aromatic rings. The Morgan fingerprint density at radius 2 is 1.63 bits per heavy atom. The second-order valence-corrected chi connectivity index (χ2v) is 8.36. The smallest absolute Gasteiger partial charge is 0.321 e. The topological polar surface area (TPSA) is 73.7 Å². The molecule has 2 heterocycles. The molecule has 0 unspecified atom stereocenters. The normalized spacial score (nSPS) is 17.3.